The number of aryl methyl sites for hydroxylation is 2. The monoisotopic (exact) mass is 418 g/mol. The number of hydrogen-bond acceptors (Lipinski definition) is 5. The number of fused-ring (bicyclic) bond motifs is 1. The highest BCUT2D eigenvalue weighted by molar-refractivity contribution is 7.18. The van der Waals surface area contributed by atoms with Crippen LogP contribution in [0.2, 0.25) is 0 Å². The van der Waals surface area contributed by atoms with E-state index in [2.05, 4.69) is 5.32 Å². The summed E-state index contributed by atoms with van der Waals surface area (Å²) in [5, 5.41) is 3.51. The number of thiophene rings is 1. The molecule has 2 aromatic rings. The van der Waals surface area contributed by atoms with Crippen LogP contribution >= 0.6 is 11.3 Å². The summed E-state index contributed by atoms with van der Waals surface area (Å²) >= 11 is 1.21. The van der Waals surface area contributed by atoms with Gasteiger partial charge in [0.1, 0.15) is 4.83 Å². The normalized spacial score (nSPS) is 15.8. The molecule has 3 rings (SSSR count). The number of halogens is 3. The fourth-order valence-electron chi connectivity index (χ4n) is 3.80. The fraction of sp³-hybridized carbons (Fsp3) is 0.667. The molecule has 2 heterocycles. The van der Waals surface area contributed by atoms with Crippen molar-refractivity contribution in [3.63, 3.8) is 0 Å². The Balaban J connectivity index is 2.17. The summed E-state index contributed by atoms with van der Waals surface area (Å²) < 4.78 is 40.9. The lowest BCUT2D eigenvalue weighted by atomic mass is 10.2. The van der Waals surface area contributed by atoms with Crippen molar-refractivity contribution in [2.75, 3.05) is 13.1 Å². The third kappa shape index (κ3) is 4.18. The van der Waals surface area contributed by atoms with E-state index >= 15 is 0 Å². The van der Waals surface area contributed by atoms with Crippen LogP contribution in [0.3, 0.4) is 0 Å². The second-order valence-corrected chi connectivity index (χ2v) is 8.29. The standard InChI is InChI=1S/C18H25F3N4O2S/c1-11-13(10-23-8-7-22)28-16-14(11)15(26)25(12-4-2-3-5-12)17(27)24(16)9-6-18(19,20)21/h12,23H,2-10,22H2,1H3. The van der Waals surface area contributed by atoms with Gasteiger partial charge in [-0.25, -0.2) is 4.79 Å². The van der Waals surface area contributed by atoms with E-state index < -0.39 is 24.8 Å². The van der Waals surface area contributed by atoms with Crippen LogP contribution in [0.25, 0.3) is 10.2 Å². The number of nitrogens with one attached hydrogen (secondary N) is 1. The Morgan fingerprint density at radius 3 is 2.54 bits per heavy atom. The smallest absolute Gasteiger partial charge is 0.329 e. The van der Waals surface area contributed by atoms with Gasteiger partial charge in [0.15, 0.2) is 0 Å². The third-order valence-electron chi connectivity index (χ3n) is 5.26. The molecule has 1 aliphatic carbocycles. The van der Waals surface area contributed by atoms with Gasteiger partial charge in [0.05, 0.1) is 11.8 Å². The van der Waals surface area contributed by atoms with E-state index in [1.54, 1.807) is 6.92 Å². The lowest BCUT2D eigenvalue weighted by Crippen LogP contribution is -2.42. The molecule has 0 saturated heterocycles. The van der Waals surface area contributed by atoms with Gasteiger partial charge < -0.3 is 11.1 Å². The maximum absolute atomic E-state index is 13.1. The van der Waals surface area contributed by atoms with Gasteiger partial charge in [0.25, 0.3) is 5.56 Å². The highest BCUT2D eigenvalue weighted by atomic mass is 32.1. The highest BCUT2D eigenvalue weighted by Gasteiger charge is 2.30. The van der Waals surface area contributed by atoms with E-state index in [1.165, 1.54) is 15.9 Å². The molecule has 0 aromatic carbocycles. The molecule has 10 heteroatoms. The molecule has 0 spiro atoms. The Hall–Kier alpha value is -1.65. The SMILES string of the molecule is Cc1c(CNCCN)sc2c1c(=O)n(C1CCCC1)c(=O)n2CCC(F)(F)F. The summed E-state index contributed by atoms with van der Waals surface area (Å²) in [6.45, 7) is 2.80. The molecule has 1 fully saturated rings. The van der Waals surface area contributed by atoms with Crippen molar-refractivity contribution in [2.24, 2.45) is 5.73 Å². The first-order valence-electron chi connectivity index (χ1n) is 9.49. The molecule has 0 unspecified atom stereocenters. The molecule has 0 amide bonds. The molecule has 0 aliphatic heterocycles. The first-order chi connectivity index (χ1) is 13.2. The number of rotatable bonds is 7. The van der Waals surface area contributed by atoms with E-state index in [-0.39, 0.29) is 11.6 Å². The van der Waals surface area contributed by atoms with Crippen LogP contribution in [-0.4, -0.2) is 28.4 Å². The van der Waals surface area contributed by atoms with Crippen molar-refractivity contribution < 1.29 is 13.2 Å². The Labute approximate surface area is 164 Å². The van der Waals surface area contributed by atoms with Gasteiger partial charge in [-0.15, -0.1) is 11.3 Å². The van der Waals surface area contributed by atoms with Crippen molar-refractivity contribution in [2.45, 2.75) is 64.3 Å². The average Bonchev–Trinajstić information content (AvgIpc) is 3.23. The zero-order valence-electron chi connectivity index (χ0n) is 15.8. The van der Waals surface area contributed by atoms with Crippen molar-refractivity contribution >= 4 is 21.6 Å². The van der Waals surface area contributed by atoms with Gasteiger partial charge in [-0.1, -0.05) is 12.8 Å². The first kappa shape index (κ1) is 21.1. The Kier molecular flexibility index (Phi) is 6.31. The second-order valence-electron chi connectivity index (χ2n) is 7.21. The largest absolute Gasteiger partial charge is 0.390 e. The van der Waals surface area contributed by atoms with Gasteiger partial charge in [0, 0.05) is 37.1 Å². The van der Waals surface area contributed by atoms with Gasteiger partial charge in [-0.2, -0.15) is 13.2 Å². The Morgan fingerprint density at radius 1 is 1.25 bits per heavy atom. The summed E-state index contributed by atoms with van der Waals surface area (Å²) in [7, 11) is 0. The average molecular weight is 418 g/mol. The van der Waals surface area contributed by atoms with E-state index in [0.29, 0.717) is 42.7 Å². The van der Waals surface area contributed by atoms with Crippen LogP contribution < -0.4 is 22.3 Å². The minimum Gasteiger partial charge on any atom is -0.329 e. The molecule has 28 heavy (non-hydrogen) atoms. The quantitative estimate of drug-likeness (QED) is 0.678. The predicted octanol–water partition coefficient (Wildman–Crippen LogP) is 2.65. The van der Waals surface area contributed by atoms with Crippen LogP contribution in [0, 0.1) is 6.92 Å². The lowest BCUT2D eigenvalue weighted by molar-refractivity contribution is -0.136. The number of hydrogen-bond donors (Lipinski definition) is 2. The zero-order chi connectivity index (χ0) is 20.5. The molecule has 1 saturated carbocycles. The Bertz CT molecular complexity index is 955. The maximum atomic E-state index is 13.1. The van der Waals surface area contributed by atoms with Gasteiger partial charge >= 0.3 is 11.9 Å². The summed E-state index contributed by atoms with van der Waals surface area (Å²) in [6.07, 6.45) is -2.26. The second kappa shape index (κ2) is 8.38. The van der Waals surface area contributed by atoms with E-state index in [9.17, 15) is 22.8 Å². The highest BCUT2D eigenvalue weighted by Crippen LogP contribution is 2.31. The first-order valence-corrected chi connectivity index (χ1v) is 10.3. The molecular weight excluding hydrogens is 393 g/mol. The molecule has 2 aromatic heterocycles. The van der Waals surface area contributed by atoms with Crippen molar-refractivity contribution in [1.82, 2.24) is 14.5 Å². The number of nitrogens with zero attached hydrogens (tertiary/aromatic N) is 2. The van der Waals surface area contributed by atoms with Gasteiger partial charge in [-0.3, -0.25) is 13.9 Å². The number of aromatic nitrogens is 2. The number of nitrogens with two attached hydrogens (primary N) is 1. The molecule has 0 atom stereocenters. The van der Waals surface area contributed by atoms with Crippen molar-refractivity contribution in [3.05, 3.63) is 31.3 Å². The van der Waals surface area contributed by atoms with Crippen molar-refractivity contribution in [3.8, 4) is 0 Å². The number of alkyl halides is 3. The molecular formula is C18H25F3N4O2S. The van der Waals surface area contributed by atoms with Gasteiger partial charge in [0.2, 0.25) is 0 Å². The van der Waals surface area contributed by atoms with Crippen LogP contribution in [-0.2, 0) is 13.1 Å². The van der Waals surface area contributed by atoms with E-state index in [4.69, 9.17) is 5.73 Å². The summed E-state index contributed by atoms with van der Waals surface area (Å²) in [5.41, 5.74) is 5.19. The minimum atomic E-state index is -4.38. The van der Waals surface area contributed by atoms with Crippen LogP contribution in [0.1, 0.15) is 48.6 Å². The van der Waals surface area contributed by atoms with Crippen LogP contribution in [0.15, 0.2) is 9.59 Å². The summed E-state index contributed by atoms with van der Waals surface area (Å²) in [4.78, 5) is 27.3. The molecule has 0 bridgehead atoms. The minimum absolute atomic E-state index is 0.236. The predicted molar refractivity (Wildman–Crippen MR) is 104 cm³/mol. The molecule has 0 radical (unpaired) electrons. The zero-order valence-corrected chi connectivity index (χ0v) is 16.6. The molecule has 6 nitrogen and oxygen atoms in total. The van der Waals surface area contributed by atoms with E-state index in [1.807, 2.05) is 0 Å². The summed E-state index contributed by atoms with van der Waals surface area (Å²) in [6, 6.07) is -0.236. The summed E-state index contributed by atoms with van der Waals surface area (Å²) in [5.74, 6) is 0. The lowest BCUT2D eigenvalue weighted by Gasteiger charge is -2.17. The third-order valence-corrected chi connectivity index (χ3v) is 6.57. The molecule has 1 aliphatic rings. The van der Waals surface area contributed by atoms with Crippen LogP contribution in [0.4, 0.5) is 13.2 Å². The fourth-order valence-corrected chi connectivity index (χ4v) is 5.09. The van der Waals surface area contributed by atoms with Crippen LogP contribution in [0.5, 0.6) is 0 Å². The van der Waals surface area contributed by atoms with E-state index in [0.717, 1.165) is 27.8 Å². The topological polar surface area (TPSA) is 82.1 Å². The van der Waals surface area contributed by atoms with Crippen molar-refractivity contribution in [1.29, 1.82) is 0 Å². The van der Waals surface area contributed by atoms with Gasteiger partial charge in [-0.05, 0) is 25.3 Å². The molecule has 3 N–H and O–H groups in total. The molecule has 156 valence electrons. The maximum Gasteiger partial charge on any atom is 0.390 e. The Morgan fingerprint density at radius 2 is 1.93 bits per heavy atom.